The third kappa shape index (κ3) is 3.28. The minimum atomic E-state index is -0.267. The van der Waals surface area contributed by atoms with Crippen LogP contribution in [0.2, 0.25) is 5.02 Å². The molecule has 3 rings (SSSR count). The van der Waals surface area contributed by atoms with Crippen molar-refractivity contribution < 1.29 is 4.39 Å². The third-order valence-corrected chi connectivity index (χ3v) is 5.40. The second-order valence-corrected chi connectivity index (χ2v) is 7.67. The molecule has 2 aromatic rings. The molecule has 136 valence electrons. The van der Waals surface area contributed by atoms with Gasteiger partial charge in [0.05, 0.1) is 11.2 Å². The van der Waals surface area contributed by atoms with Crippen LogP contribution in [0.1, 0.15) is 44.4 Å². The van der Waals surface area contributed by atoms with Crippen LogP contribution in [0.5, 0.6) is 0 Å². The van der Waals surface area contributed by atoms with Gasteiger partial charge in [-0.2, -0.15) is 0 Å². The molecule has 1 heterocycles. The number of nitrogens with zero attached hydrogens (tertiary/aromatic N) is 2. The molecule has 2 nitrogen and oxygen atoms in total. The Morgan fingerprint density at radius 2 is 1.96 bits per heavy atom. The summed E-state index contributed by atoms with van der Waals surface area (Å²) in [5.74, 6) is -0.267. The summed E-state index contributed by atoms with van der Waals surface area (Å²) < 4.78 is 14.8. The summed E-state index contributed by atoms with van der Waals surface area (Å²) in [4.78, 5) is 6.68. The molecule has 26 heavy (non-hydrogen) atoms. The van der Waals surface area contributed by atoms with Gasteiger partial charge < -0.3 is 4.90 Å². The smallest absolute Gasteiger partial charge is 0.134 e. The van der Waals surface area contributed by atoms with Gasteiger partial charge in [0.15, 0.2) is 0 Å². The predicted molar refractivity (Wildman–Crippen MR) is 111 cm³/mol. The first-order valence-corrected chi connectivity index (χ1v) is 9.22. The molecule has 4 heteroatoms. The van der Waals surface area contributed by atoms with E-state index in [-0.39, 0.29) is 11.4 Å². The van der Waals surface area contributed by atoms with Gasteiger partial charge in [-0.25, -0.2) is 4.39 Å². The minimum absolute atomic E-state index is 0.133. The van der Waals surface area contributed by atoms with E-state index in [1.165, 1.54) is 0 Å². The van der Waals surface area contributed by atoms with E-state index >= 15 is 0 Å². The summed E-state index contributed by atoms with van der Waals surface area (Å²) in [6, 6.07) is 9.06. The lowest BCUT2D eigenvalue weighted by atomic mass is 9.88. The standard InChI is InChI=1S/C22H24ClFN2/c1-6-26-21-11-19(24)16(10-17(21)14(2)12-22(26,4)5)13-25-20-9-7-8-18(23)15(20)3/h7-13H,6H2,1-5H3. The highest BCUT2D eigenvalue weighted by Crippen LogP contribution is 2.39. The molecule has 0 radical (unpaired) electrons. The van der Waals surface area contributed by atoms with Crippen LogP contribution in [-0.2, 0) is 0 Å². The van der Waals surface area contributed by atoms with Crippen molar-refractivity contribution in [2.45, 2.75) is 40.2 Å². The number of anilines is 1. The summed E-state index contributed by atoms with van der Waals surface area (Å²) in [7, 11) is 0. The van der Waals surface area contributed by atoms with Crippen molar-refractivity contribution in [2.75, 3.05) is 11.4 Å². The molecule has 0 bridgehead atoms. The fourth-order valence-electron chi connectivity index (χ4n) is 3.67. The first-order chi connectivity index (χ1) is 12.2. The zero-order valence-electron chi connectivity index (χ0n) is 15.9. The van der Waals surface area contributed by atoms with E-state index < -0.39 is 0 Å². The van der Waals surface area contributed by atoms with Gasteiger partial charge in [-0.15, -0.1) is 0 Å². The summed E-state index contributed by atoms with van der Waals surface area (Å²) in [5, 5.41) is 0.658. The molecule has 0 amide bonds. The topological polar surface area (TPSA) is 15.6 Å². The molecule has 0 saturated carbocycles. The van der Waals surface area contributed by atoms with Crippen molar-refractivity contribution >= 4 is 34.8 Å². The van der Waals surface area contributed by atoms with Crippen LogP contribution in [0.15, 0.2) is 41.4 Å². The van der Waals surface area contributed by atoms with E-state index in [1.807, 2.05) is 31.2 Å². The molecule has 0 unspecified atom stereocenters. The van der Waals surface area contributed by atoms with E-state index in [0.717, 1.165) is 34.6 Å². The number of allylic oxidation sites excluding steroid dienone is 1. The van der Waals surface area contributed by atoms with Crippen LogP contribution in [0, 0.1) is 12.7 Å². The predicted octanol–water partition coefficient (Wildman–Crippen LogP) is 6.56. The SMILES string of the molecule is CCN1c2cc(F)c(C=Nc3cccc(Cl)c3C)cc2C(C)=CC1(C)C. The van der Waals surface area contributed by atoms with Crippen molar-refractivity contribution in [1.29, 1.82) is 0 Å². The molecule has 0 saturated heterocycles. The van der Waals surface area contributed by atoms with Gasteiger partial charge in [0.1, 0.15) is 5.82 Å². The zero-order valence-corrected chi connectivity index (χ0v) is 16.7. The molecular weight excluding hydrogens is 347 g/mol. The monoisotopic (exact) mass is 370 g/mol. The Morgan fingerprint density at radius 1 is 1.23 bits per heavy atom. The summed E-state index contributed by atoms with van der Waals surface area (Å²) in [6.07, 6.45) is 3.82. The third-order valence-electron chi connectivity index (χ3n) is 4.99. The molecule has 0 atom stereocenters. The van der Waals surface area contributed by atoms with Crippen molar-refractivity contribution in [3.05, 3.63) is 63.9 Å². The largest absolute Gasteiger partial charge is 0.363 e. The van der Waals surface area contributed by atoms with Crippen LogP contribution in [-0.4, -0.2) is 18.3 Å². The highest BCUT2D eigenvalue weighted by Gasteiger charge is 2.30. The summed E-state index contributed by atoms with van der Waals surface area (Å²) in [6.45, 7) is 11.2. The van der Waals surface area contributed by atoms with E-state index in [2.05, 4.69) is 43.7 Å². The average Bonchev–Trinajstić information content (AvgIpc) is 2.56. The number of hydrogen-bond donors (Lipinski definition) is 0. The maximum Gasteiger partial charge on any atom is 0.134 e. The number of rotatable bonds is 3. The Balaban J connectivity index is 2.06. The van der Waals surface area contributed by atoms with Gasteiger partial charge in [0.25, 0.3) is 0 Å². The molecule has 0 fully saturated rings. The number of likely N-dealkylation sites (N-methyl/N-ethyl adjacent to an activating group) is 1. The Morgan fingerprint density at radius 3 is 2.65 bits per heavy atom. The van der Waals surface area contributed by atoms with Crippen molar-refractivity contribution in [1.82, 2.24) is 0 Å². The number of aliphatic imine (C=N–C) groups is 1. The molecule has 0 N–H and O–H groups in total. The molecule has 2 aromatic carbocycles. The minimum Gasteiger partial charge on any atom is -0.363 e. The van der Waals surface area contributed by atoms with Gasteiger partial charge in [-0.1, -0.05) is 23.7 Å². The lowest BCUT2D eigenvalue weighted by molar-refractivity contribution is 0.561. The quantitative estimate of drug-likeness (QED) is 0.558. The molecular formula is C22H24ClFN2. The molecule has 0 aromatic heterocycles. The number of benzene rings is 2. The van der Waals surface area contributed by atoms with Crippen LogP contribution in [0.25, 0.3) is 5.57 Å². The van der Waals surface area contributed by atoms with Gasteiger partial charge in [-0.05, 0) is 70.0 Å². The normalized spacial score (nSPS) is 16.0. The second kappa shape index (κ2) is 6.88. The number of hydrogen-bond acceptors (Lipinski definition) is 2. The second-order valence-electron chi connectivity index (χ2n) is 7.26. The van der Waals surface area contributed by atoms with Crippen molar-refractivity contribution in [3.8, 4) is 0 Å². The highest BCUT2D eigenvalue weighted by atomic mass is 35.5. The average molecular weight is 371 g/mol. The van der Waals surface area contributed by atoms with E-state index in [4.69, 9.17) is 11.6 Å². The summed E-state index contributed by atoms with van der Waals surface area (Å²) >= 11 is 6.14. The van der Waals surface area contributed by atoms with Crippen LogP contribution in [0.4, 0.5) is 15.8 Å². The van der Waals surface area contributed by atoms with Gasteiger partial charge in [0.2, 0.25) is 0 Å². The van der Waals surface area contributed by atoms with Crippen LogP contribution in [0.3, 0.4) is 0 Å². The number of fused-ring (bicyclic) bond motifs is 1. The molecule has 0 aliphatic carbocycles. The lowest BCUT2D eigenvalue weighted by Gasteiger charge is -2.42. The van der Waals surface area contributed by atoms with Crippen molar-refractivity contribution in [3.63, 3.8) is 0 Å². The van der Waals surface area contributed by atoms with E-state index in [9.17, 15) is 4.39 Å². The molecule has 0 spiro atoms. The number of halogens is 2. The van der Waals surface area contributed by atoms with Gasteiger partial charge in [-0.3, -0.25) is 4.99 Å². The fraction of sp³-hybridized carbons (Fsp3) is 0.318. The Kier molecular flexibility index (Phi) is 4.94. The maximum absolute atomic E-state index is 14.8. The Hall–Kier alpha value is -2.13. The Labute approximate surface area is 160 Å². The first-order valence-electron chi connectivity index (χ1n) is 8.85. The van der Waals surface area contributed by atoms with E-state index in [1.54, 1.807) is 12.3 Å². The van der Waals surface area contributed by atoms with Crippen LogP contribution >= 0.6 is 11.6 Å². The van der Waals surface area contributed by atoms with Gasteiger partial charge in [0, 0.05) is 34.6 Å². The van der Waals surface area contributed by atoms with Gasteiger partial charge >= 0.3 is 0 Å². The first kappa shape index (κ1) is 18.7. The van der Waals surface area contributed by atoms with Crippen molar-refractivity contribution in [2.24, 2.45) is 4.99 Å². The molecule has 1 aliphatic rings. The lowest BCUT2D eigenvalue weighted by Crippen LogP contribution is -2.45. The van der Waals surface area contributed by atoms with Crippen LogP contribution < -0.4 is 4.90 Å². The maximum atomic E-state index is 14.8. The molecule has 1 aliphatic heterocycles. The van der Waals surface area contributed by atoms with E-state index in [0.29, 0.717) is 10.6 Å². The zero-order chi connectivity index (χ0) is 19.1. The summed E-state index contributed by atoms with van der Waals surface area (Å²) in [5.41, 5.74) is 5.13. The fourth-order valence-corrected chi connectivity index (χ4v) is 3.84. The Bertz CT molecular complexity index is 913. The highest BCUT2D eigenvalue weighted by molar-refractivity contribution is 6.31.